The molecule has 2 aromatic rings. The second-order valence-electron chi connectivity index (χ2n) is 6.71. The van der Waals surface area contributed by atoms with E-state index < -0.39 is 5.91 Å². The Bertz CT molecular complexity index is 948. The molecule has 146 valence electrons. The van der Waals surface area contributed by atoms with Crippen LogP contribution >= 0.6 is 0 Å². The van der Waals surface area contributed by atoms with Crippen LogP contribution in [-0.4, -0.2) is 16.4 Å². The van der Waals surface area contributed by atoms with Crippen LogP contribution in [0.1, 0.15) is 42.8 Å². The van der Waals surface area contributed by atoms with Crippen LogP contribution in [0.4, 0.5) is 5.69 Å². The number of anilines is 1. The van der Waals surface area contributed by atoms with Crippen molar-refractivity contribution in [3.8, 4) is 6.07 Å². The van der Waals surface area contributed by atoms with Gasteiger partial charge in [-0.15, -0.1) is 0 Å². The zero-order valence-corrected chi connectivity index (χ0v) is 16.8. The molecule has 0 saturated carbocycles. The first-order valence-electron chi connectivity index (χ1n) is 9.29. The van der Waals surface area contributed by atoms with Gasteiger partial charge in [-0.1, -0.05) is 19.1 Å². The first-order chi connectivity index (χ1) is 13.3. The number of amides is 2. The quantitative estimate of drug-likeness (QED) is 0.569. The first-order valence-corrected chi connectivity index (χ1v) is 9.29. The van der Waals surface area contributed by atoms with Gasteiger partial charge in [0.2, 0.25) is 5.91 Å². The summed E-state index contributed by atoms with van der Waals surface area (Å²) in [6.07, 6.45) is 2.65. The fraction of sp³-hybridized carbons (Fsp3) is 0.318. The highest BCUT2D eigenvalue weighted by Gasteiger charge is 2.12. The van der Waals surface area contributed by atoms with Gasteiger partial charge in [0.05, 0.1) is 0 Å². The van der Waals surface area contributed by atoms with E-state index in [0.29, 0.717) is 5.69 Å². The first kappa shape index (κ1) is 21.0. The number of nitrogens with zero attached hydrogens (tertiary/aromatic N) is 2. The highest BCUT2D eigenvalue weighted by Crippen LogP contribution is 2.19. The van der Waals surface area contributed by atoms with Gasteiger partial charge >= 0.3 is 0 Å². The van der Waals surface area contributed by atoms with E-state index >= 15 is 0 Å². The Labute approximate surface area is 165 Å². The van der Waals surface area contributed by atoms with E-state index in [0.717, 1.165) is 35.5 Å². The molecular formula is C22H26N4O2. The molecule has 2 N–H and O–H groups in total. The van der Waals surface area contributed by atoms with Crippen LogP contribution in [0.5, 0.6) is 0 Å². The Morgan fingerprint density at radius 1 is 1.25 bits per heavy atom. The van der Waals surface area contributed by atoms with Gasteiger partial charge in [-0.3, -0.25) is 9.59 Å². The lowest BCUT2D eigenvalue weighted by molar-refractivity contribution is -0.117. The Kier molecular flexibility index (Phi) is 7.16. The van der Waals surface area contributed by atoms with Crippen molar-refractivity contribution in [2.24, 2.45) is 0 Å². The van der Waals surface area contributed by atoms with Crippen molar-refractivity contribution >= 4 is 23.6 Å². The van der Waals surface area contributed by atoms with Gasteiger partial charge in [0, 0.05) is 37.1 Å². The molecule has 0 aliphatic rings. The van der Waals surface area contributed by atoms with E-state index in [1.165, 1.54) is 6.92 Å². The summed E-state index contributed by atoms with van der Waals surface area (Å²) in [4.78, 5) is 23.6. The van der Waals surface area contributed by atoms with Crippen molar-refractivity contribution in [3.05, 3.63) is 58.4 Å². The average Bonchev–Trinajstić information content (AvgIpc) is 2.91. The van der Waals surface area contributed by atoms with Crippen LogP contribution in [0, 0.1) is 25.2 Å². The molecule has 1 heterocycles. The zero-order valence-electron chi connectivity index (χ0n) is 16.8. The van der Waals surface area contributed by atoms with Gasteiger partial charge in [0.1, 0.15) is 11.6 Å². The molecule has 0 radical (unpaired) electrons. The number of nitrogens with one attached hydrogen (secondary N) is 2. The third-order valence-electron chi connectivity index (χ3n) is 4.43. The predicted molar refractivity (Wildman–Crippen MR) is 110 cm³/mol. The predicted octanol–water partition coefficient (Wildman–Crippen LogP) is 3.70. The topological polar surface area (TPSA) is 86.9 Å². The van der Waals surface area contributed by atoms with Gasteiger partial charge < -0.3 is 15.2 Å². The zero-order chi connectivity index (χ0) is 20.7. The van der Waals surface area contributed by atoms with Crippen molar-refractivity contribution in [2.75, 3.05) is 5.32 Å². The van der Waals surface area contributed by atoms with E-state index in [-0.39, 0.29) is 18.0 Å². The summed E-state index contributed by atoms with van der Waals surface area (Å²) in [5.41, 5.74) is 4.60. The third-order valence-corrected chi connectivity index (χ3v) is 4.43. The van der Waals surface area contributed by atoms with Crippen LogP contribution < -0.4 is 10.6 Å². The minimum atomic E-state index is -0.423. The molecule has 0 atom stereocenters. The third kappa shape index (κ3) is 5.34. The normalized spacial score (nSPS) is 11.0. The Balaban J connectivity index is 2.12. The van der Waals surface area contributed by atoms with Gasteiger partial charge in [-0.05, 0) is 55.7 Å². The molecule has 0 fully saturated rings. The van der Waals surface area contributed by atoms with E-state index in [4.69, 9.17) is 0 Å². The number of nitriles is 1. The second-order valence-corrected chi connectivity index (χ2v) is 6.71. The van der Waals surface area contributed by atoms with Gasteiger partial charge in [0.25, 0.3) is 5.91 Å². The van der Waals surface area contributed by atoms with Crippen molar-refractivity contribution in [1.82, 2.24) is 9.88 Å². The smallest absolute Gasteiger partial charge is 0.262 e. The van der Waals surface area contributed by atoms with Crippen molar-refractivity contribution in [1.29, 1.82) is 5.26 Å². The molecule has 1 aromatic carbocycles. The lowest BCUT2D eigenvalue weighted by atomic mass is 10.1. The standard InChI is InChI=1S/C22H26N4O2/c1-5-9-26-15(2)10-19(16(26)3)12-20(13-23)22(28)24-14-18-7-6-8-21(11-18)25-17(4)27/h6-8,10-12H,5,9,14H2,1-4H3,(H,24,28)(H,25,27). The largest absolute Gasteiger partial charge is 0.349 e. The van der Waals surface area contributed by atoms with Crippen LogP contribution in [0.25, 0.3) is 6.08 Å². The fourth-order valence-electron chi connectivity index (χ4n) is 3.09. The molecule has 0 aliphatic heterocycles. The number of aryl methyl sites for hydroxylation is 1. The molecule has 2 amide bonds. The second kappa shape index (κ2) is 9.56. The summed E-state index contributed by atoms with van der Waals surface area (Å²) in [7, 11) is 0. The molecule has 0 spiro atoms. The summed E-state index contributed by atoms with van der Waals surface area (Å²) < 4.78 is 2.19. The lowest BCUT2D eigenvalue weighted by Crippen LogP contribution is -2.24. The van der Waals surface area contributed by atoms with Crippen LogP contribution in [0.3, 0.4) is 0 Å². The molecule has 0 aliphatic carbocycles. The molecule has 0 saturated heterocycles. The number of hydrogen-bond acceptors (Lipinski definition) is 3. The van der Waals surface area contributed by atoms with Crippen LogP contribution in [-0.2, 0) is 22.7 Å². The van der Waals surface area contributed by atoms with Crippen LogP contribution in [0.15, 0.2) is 35.9 Å². The summed E-state index contributed by atoms with van der Waals surface area (Å²) >= 11 is 0. The Morgan fingerprint density at radius 2 is 2.00 bits per heavy atom. The maximum Gasteiger partial charge on any atom is 0.262 e. The van der Waals surface area contributed by atoms with E-state index in [1.807, 2.05) is 32.0 Å². The van der Waals surface area contributed by atoms with Gasteiger partial charge in [-0.2, -0.15) is 5.26 Å². The van der Waals surface area contributed by atoms with Crippen molar-refractivity contribution < 1.29 is 9.59 Å². The number of carbonyl (C=O) groups excluding carboxylic acids is 2. The van der Waals surface area contributed by atoms with Crippen molar-refractivity contribution in [2.45, 2.75) is 47.2 Å². The SMILES string of the molecule is CCCn1c(C)cc(C=C(C#N)C(=O)NCc2cccc(NC(C)=O)c2)c1C. The molecule has 0 bridgehead atoms. The highest BCUT2D eigenvalue weighted by atomic mass is 16.2. The summed E-state index contributed by atoms with van der Waals surface area (Å²) in [5, 5.41) is 14.9. The number of carbonyl (C=O) groups is 2. The molecule has 6 nitrogen and oxygen atoms in total. The molecule has 2 rings (SSSR count). The molecule has 0 unspecified atom stereocenters. The number of benzene rings is 1. The van der Waals surface area contributed by atoms with E-state index in [9.17, 15) is 14.9 Å². The van der Waals surface area contributed by atoms with Gasteiger partial charge in [-0.25, -0.2) is 0 Å². The summed E-state index contributed by atoms with van der Waals surface area (Å²) in [6.45, 7) is 8.74. The van der Waals surface area contributed by atoms with Gasteiger partial charge in [0.15, 0.2) is 0 Å². The number of hydrogen-bond donors (Lipinski definition) is 2. The molecule has 28 heavy (non-hydrogen) atoms. The maximum absolute atomic E-state index is 12.5. The highest BCUT2D eigenvalue weighted by molar-refractivity contribution is 6.01. The molecular weight excluding hydrogens is 352 g/mol. The Hall–Kier alpha value is -3.33. The summed E-state index contributed by atoms with van der Waals surface area (Å²) in [5.74, 6) is -0.579. The minimum Gasteiger partial charge on any atom is -0.349 e. The number of rotatable bonds is 7. The average molecular weight is 378 g/mol. The van der Waals surface area contributed by atoms with Crippen LogP contribution in [0.2, 0.25) is 0 Å². The molecule has 1 aromatic heterocycles. The lowest BCUT2D eigenvalue weighted by Gasteiger charge is -2.08. The molecule has 6 heteroatoms. The Morgan fingerprint density at radius 3 is 2.64 bits per heavy atom. The van der Waals surface area contributed by atoms with Crippen molar-refractivity contribution in [3.63, 3.8) is 0 Å². The van der Waals surface area contributed by atoms with E-state index in [2.05, 4.69) is 22.1 Å². The van der Waals surface area contributed by atoms with E-state index in [1.54, 1.807) is 24.3 Å². The number of aromatic nitrogens is 1. The summed E-state index contributed by atoms with van der Waals surface area (Å²) in [6, 6.07) is 11.2. The fourth-order valence-corrected chi connectivity index (χ4v) is 3.09. The maximum atomic E-state index is 12.5. The minimum absolute atomic E-state index is 0.0646. The monoisotopic (exact) mass is 378 g/mol.